The molecule has 0 atom stereocenters. The van der Waals surface area contributed by atoms with E-state index in [1.165, 1.54) is 18.3 Å². The van der Waals surface area contributed by atoms with Crippen molar-refractivity contribution in [3.05, 3.63) is 24.3 Å². The predicted octanol–water partition coefficient (Wildman–Crippen LogP) is 3.71. The molecule has 0 saturated carbocycles. The van der Waals surface area contributed by atoms with Crippen LogP contribution in [0.5, 0.6) is 5.75 Å². The zero-order chi connectivity index (χ0) is 11.0. The quantitative estimate of drug-likeness (QED) is 0.667. The monoisotopic (exact) mass is 430 g/mol. The molecule has 1 heterocycles. The molecule has 15 heavy (non-hydrogen) atoms. The Morgan fingerprint density at radius 1 is 1.20 bits per heavy atom. The summed E-state index contributed by atoms with van der Waals surface area (Å²) in [5.74, 6) is 1.01. The van der Waals surface area contributed by atoms with Crippen molar-refractivity contribution < 1.29 is 9.47 Å². The lowest BCUT2D eigenvalue weighted by Crippen LogP contribution is -2.09. The Morgan fingerprint density at radius 2 is 1.87 bits per heavy atom. The molecule has 0 spiro atoms. The third-order valence-electron chi connectivity index (χ3n) is 2.24. The third-order valence-corrected chi connectivity index (χ3v) is 4.01. The second kappa shape index (κ2) is 4.75. The summed E-state index contributed by atoms with van der Waals surface area (Å²) in [6, 6.07) is 2.16. The molecule has 2 nitrogen and oxygen atoms in total. The maximum absolute atomic E-state index is 5.85. The highest BCUT2D eigenvalue weighted by Crippen LogP contribution is 2.37. The lowest BCUT2D eigenvalue weighted by molar-refractivity contribution is 0.131. The van der Waals surface area contributed by atoms with Gasteiger partial charge in [-0.2, -0.15) is 0 Å². The van der Waals surface area contributed by atoms with Gasteiger partial charge < -0.3 is 9.47 Å². The minimum Gasteiger partial charge on any atom is -0.490 e. The highest BCUT2D eigenvalue weighted by molar-refractivity contribution is 14.1. The van der Waals surface area contributed by atoms with Gasteiger partial charge in [0.05, 0.1) is 22.9 Å². The molecule has 0 N–H and O–H groups in total. The molecule has 1 aliphatic heterocycles. The highest BCUT2D eigenvalue weighted by Gasteiger charge is 2.22. The summed E-state index contributed by atoms with van der Waals surface area (Å²) in [5, 5.41) is 0. The van der Waals surface area contributed by atoms with Crippen LogP contribution in [0, 0.1) is 7.14 Å². The van der Waals surface area contributed by atoms with Crippen LogP contribution in [0.15, 0.2) is 6.07 Å². The maximum Gasteiger partial charge on any atom is 0.138 e. The summed E-state index contributed by atoms with van der Waals surface area (Å²) in [5.41, 5.74) is 2.53. The van der Waals surface area contributed by atoms with Crippen molar-refractivity contribution in [1.82, 2.24) is 0 Å². The molecule has 0 unspecified atom stereocenters. The lowest BCUT2D eigenvalue weighted by Gasteiger charge is -2.15. The van der Waals surface area contributed by atoms with E-state index in [1.807, 2.05) is 0 Å². The molecule has 0 aliphatic carbocycles. The van der Waals surface area contributed by atoms with Crippen LogP contribution in [0.1, 0.15) is 25.0 Å². The van der Waals surface area contributed by atoms with Crippen LogP contribution in [0.2, 0.25) is 0 Å². The molecule has 0 amide bonds. The first-order valence-corrected chi connectivity index (χ1v) is 6.99. The fourth-order valence-corrected chi connectivity index (χ4v) is 3.77. The smallest absolute Gasteiger partial charge is 0.138 e. The molecule has 0 saturated heterocycles. The van der Waals surface area contributed by atoms with Crippen molar-refractivity contribution >= 4 is 45.2 Å². The first-order valence-electron chi connectivity index (χ1n) is 4.83. The molecule has 0 fully saturated rings. The first kappa shape index (κ1) is 11.9. The van der Waals surface area contributed by atoms with Crippen molar-refractivity contribution in [2.75, 3.05) is 0 Å². The Hall–Kier alpha value is 0.440. The van der Waals surface area contributed by atoms with E-state index in [2.05, 4.69) is 65.1 Å². The van der Waals surface area contributed by atoms with Gasteiger partial charge in [0.25, 0.3) is 0 Å². The van der Waals surface area contributed by atoms with Gasteiger partial charge in [0.15, 0.2) is 0 Å². The predicted molar refractivity (Wildman–Crippen MR) is 76.1 cm³/mol. The summed E-state index contributed by atoms with van der Waals surface area (Å²) in [4.78, 5) is 0. The fraction of sp³-hybridized carbons (Fsp3) is 0.455. The van der Waals surface area contributed by atoms with Gasteiger partial charge in [0.1, 0.15) is 5.75 Å². The molecule has 2 rings (SSSR count). The van der Waals surface area contributed by atoms with Gasteiger partial charge in [0.2, 0.25) is 0 Å². The van der Waals surface area contributed by atoms with E-state index in [-0.39, 0.29) is 6.10 Å². The summed E-state index contributed by atoms with van der Waals surface area (Å²) in [7, 11) is 0. The number of halogens is 2. The summed E-state index contributed by atoms with van der Waals surface area (Å²) in [6.07, 6.45) is 0.211. The number of ether oxygens (including phenoxy) is 2. The number of fused-ring (bicyclic) bond motifs is 1. The average Bonchev–Trinajstić information content (AvgIpc) is 2.60. The lowest BCUT2D eigenvalue weighted by atomic mass is 10.1. The fourth-order valence-electron chi connectivity index (χ4n) is 1.62. The second-order valence-corrected chi connectivity index (χ2v) is 6.11. The van der Waals surface area contributed by atoms with Crippen molar-refractivity contribution in [2.45, 2.75) is 33.2 Å². The topological polar surface area (TPSA) is 18.5 Å². The molecular formula is C11H12I2O2. The first-order chi connectivity index (χ1) is 7.09. The van der Waals surface area contributed by atoms with Crippen LogP contribution in [0.3, 0.4) is 0 Å². The third kappa shape index (κ3) is 2.41. The molecule has 4 heteroatoms. The summed E-state index contributed by atoms with van der Waals surface area (Å²) in [6.45, 7) is 5.51. The zero-order valence-corrected chi connectivity index (χ0v) is 13.0. The Kier molecular flexibility index (Phi) is 3.77. The van der Waals surface area contributed by atoms with E-state index < -0.39 is 0 Å². The van der Waals surface area contributed by atoms with E-state index in [4.69, 9.17) is 9.47 Å². The van der Waals surface area contributed by atoms with E-state index >= 15 is 0 Å². The minimum atomic E-state index is 0.211. The van der Waals surface area contributed by atoms with Gasteiger partial charge in [-0.25, -0.2) is 0 Å². The van der Waals surface area contributed by atoms with Crippen molar-refractivity contribution in [3.63, 3.8) is 0 Å². The zero-order valence-electron chi connectivity index (χ0n) is 8.64. The van der Waals surface area contributed by atoms with Crippen LogP contribution < -0.4 is 4.74 Å². The average molecular weight is 430 g/mol. The number of hydrogen-bond donors (Lipinski definition) is 0. The van der Waals surface area contributed by atoms with E-state index in [0.29, 0.717) is 6.61 Å². The molecule has 0 aromatic heterocycles. The standard InChI is InChI=1S/C11H12I2O2/c1-6(2)15-11-8-5-14-4-7(8)9(12)3-10(11)13/h3,6H,4-5H2,1-2H3. The Bertz CT molecular complexity index is 389. The van der Waals surface area contributed by atoms with Crippen molar-refractivity contribution in [2.24, 2.45) is 0 Å². The van der Waals surface area contributed by atoms with Gasteiger partial charge in [0, 0.05) is 14.7 Å². The van der Waals surface area contributed by atoms with E-state index in [9.17, 15) is 0 Å². The van der Waals surface area contributed by atoms with Gasteiger partial charge >= 0.3 is 0 Å². The Labute approximate surface area is 117 Å². The van der Waals surface area contributed by atoms with Crippen LogP contribution in [-0.4, -0.2) is 6.10 Å². The SMILES string of the molecule is CC(C)Oc1c(I)cc(I)c2c1COC2. The van der Waals surface area contributed by atoms with Gasteiger partial charge in [-0.05, 0) is 65.1 Å². The molecule has 1 aliphatic rings. The number of hydrogen-bond acceptors (Lipinski definition) is 2. The molecular weight excluding hydrogens is 418 g/mol. The minimum absolute atomic E-state index is 0.211. The summed E-state index contributed by atoms with van der Waals surface area (Å²) < 4.78 is 13.8. The van der Waals surface area contributed by atoms with Crippen LogP contribution in [-0.2, 0) is 18.0 Å². The van der Waals surface area contributed by atoms with Crippen LogP contribution >= 0.6 is 45.2 Å². The largest absolute Gasteiger partial charge is 0.490 e. The van der Waals surface area contributed by atoms with E-state index in [0.717, 1.165) is 12.4 Å². The molecule has 0 radical (unpaired) electrons. The Balaban J connectivity index is 2.49. The van der Waals surface area contributed by atoms with Crippen molar-refractivity contribution in [1.29, 1.82) is 0 Å². The van der Waals surface area contributed by atoms with Crippen LogP contribution in [0.25, 0.3) is 0 Å². The van der Waals surface area contributed by atoms with E-state index in [1.54, 1.807) is 0 Å². The molecule has 1 aromatic rings. The van der Waals surface area contributed by atoms with Crippen molar-refractivity contribution in [3.8, 4) is 5.75 Å². The van der Waals surface area contributed by atoms with Gasteiger partial charge in [-0.15, -0.1) is 0 Å². The molecule has 0 bridgehead atoms. The molecule has 82 valence electrons. The van der Waals surface area contributed by atoms with Crippen LogP contribution in [0.4, 0.5) is 0 Å². The normalized spacial score (nSPS) is 14.5. The van der Waals surface area contributed by atoms with Gasteiger partial charge in [-0.3, -0.25) is 0 Å². The summed E-state index contributed by atoms with van der Waals surface area (Å²) >= 11 is 4.69. The Morgan fingerprint density at radius 3 is 2.53 bits per heavy atom. The second-order valence-electron chi connectivity index (χ2n) is 3.79. The highest BCUT2D eigenvalue weighted by atomic mass is 127. The number of benzene rings is 1. The number of rotatable bonds is 2. The van der Waals surface area contributed by atoms with Gasteiger partial charge in [-0.1, -0.05) is 0 Å². The molecule has 1 aromatic carbocycles. The maximum atomic E-state index is 5.85.